The highest BCUT2D eigenvalue weighted by molar-refractivity contribution is 5.83. The van der Waals surface area contributed by atoms with Gasteiger partial charge in [-0.05, 0) is 56.5 Å². The summed E-state index contributed by atoms with van der Waals surface area (Å²) in [7, 11) is 0. The second kappa shape index (κ2) is 5.74. The highest BCUT2D eigenvalue weighted by Crippen LogP contribution is 2.42. The summed E-state index contributed by atoms with van der Waals surface area (Å²) >= 11 is 0. The lowest BCUT2D eigenvalue weighted by Gasteiger charge is -2.37. The van der Waals surface area contributed by atoms with Crippen molar-refractivity contribution in [3.05, 3.63) is 42.0 Å². The van der Waals surface area contributed by atoms with Crippen molar-refractivity contribution in [1.29, 1.82) is 0 Å². The first kappa shape index (κ1) is 15.7. The van der Waals surface area contributed by atoms with Gasteiger partial charge < -0.3 is 19.8 Å². The number of fused-ring (bicyclic) bond motifs is 2. The molecule has 0 saturated carbocycles. The van der Waals surface area contributed by atoms with Gasteiger partial charge in [-0.25, -0.2) is 4.98 Å². The van der Waals surface area contributed by atoms with Crippen LogP contribution in [0.25, 0.3) is 22.6 Å². The number of hydrogen-bond donors (Lipinski definition) is 2. The van der Waals surface area contributed by atoms with Crippen molar-refractivity contribution < 1.29 is 9.15 Å². The average molecular weight is 349 g/mol. The number of ether oxygens (including phenoxy) is 1. The molecule has 2 aliphatic rings. The SMILES string of the molecule is Cc1cccc2oc(-c3ccc4c(c3)NC(C)(C3CCOCC3)N4)nc12. The predicted molar refractivity (Wildman–Crippen MR) is 103 cm³/mol. The molecule has 5 heteroatoms. The molecule has 0 amide bonds. The van der Waals surface area contributed by atoms with Crippen LogP contribution in [0.4, 0.5) is 11.4 Å². The van der Waals surface area contributed by atoms with Gasteiger partial charge in [0, 0.05) is 24.7 Å². The standard InChI is InChI=1S/C21H23N3O2/c1-13-4-3-5-18-19(13)22-20(26-18)14-6-7-16-17(12-14)24-21(2,23-16)15-8-10-25-11-9-15/h3-7,12,15,23-24H,8-11H2,1-2H3. The molecule has 1 saturated heterocycles. The van der Waals surface area contributed by atoms with Gasteiger partial charge in [0.05, 0.1) is 11.4 Å². The van der Waals surface area contributed by atoms with Gasteiger partial charge in [0.15, 0.2) is 5.58 Å². The Bertz CT molecular complexity index is 975. The van der Waals surface area contributed by atoms with Crippen LogP contribution in [0.3, 0.4) is 0 Å². The molecule has 2 aromatic carbocycles. The van der Waals surface area contributed by atoms with Crippen molar-refractivity contribution in [2.75, 3.05) is 23.8 Å². The molecule has 134 valence electrons. The van der Waals surface area contributed by atoms with Gasteiger partial charge in [0.1, 0.15) is 11.2 Å². The molecule has 5 nitrogen and oxygen atoms in total. The summed E-state index contributed by atoms with van der Waals surface area (Å²) < 4.78 is 11.5. The number of oxazole rings is 1. The minimum absolute atomic E-state index is 0.136. The molecule has 1 fully saturated rings. The lowest BCUT2D eigenvalue weighted by Crippen LogP contribution is -2.48. The van der Waals surface area contributed by atoms with E-state index < -0.39 is 0 Å². The van der Waals surface area contributed by atoms with Gasteiger partial charge in [0.2, 0.25) is 5.89 Å². The molecule has 0 radical (unpaired) electrons. The maximum Gasteiger partial charge on any atom is 0.227 e. The molecular formula is C21H23N3O2. The highest BCUT2D eigenvalue weighted by atomic mass is 16.5. The quantitative estimate of drug-likeness (QED) is 0.697. The lowest BCUT2D eigenvalue weighted by molar-refractivity contribution is 0.0512. The summed E-state index contributed by atoms with van der Waals surface area (Å²) in [4.78, 5) is 4.70. The normalized spacial score (nSPS) is 22.8. The number of para-hydroxylation sites is 1. The summed E-state index contributed by atoms with van der Waals surface area (Å²) in [5.74, 6) is 1.21. The van der Waals surface area contributed by atoms with Gasteiger partial charge in [-0.3, -0.25) is 0 Å². The Labute approximate surface area is 152 Å². The Morgan fingerprint density at radius 3 is 2.69 bits per heavy atom. The molecule has 0 bridgehead atoms. The highest BCUT2D eigenvalue weighted by Gasteiger charge is 2.39. The number of rotatable bonds is 2. The zero-order chi connectivity index (χ0) is 17.7. The van der Waals surface area contributed by atoms with Crippen LogP contribution in [0.2, 0.25) is 0 Å². The number of nitrogens with one attached hydrogen (secondary N) is 2. The summed E-state index contributed by atoms with van der Waals surface area (Å²) in [5, 5.41) is 7.38. The molecule has 3 heterocycles. The van der Waals surface area contributed by atoms with Gasteiger partial charge in [-0.1, -0.05) is 12.1 Å². The van der Waals surface area contributed by atoms with Gasteiger partial charge in [0.25, 0.3) is 0 Å². The monoisotopic (exact) mass is 349 g/mol. The zero-order valence-corrected chi connectivity index (χ0v) is 15.1. The first-order chi connectivity index (χ1) is 12.6. The smallest absolute Gasteiger partial charge is 0.227 e. The minimum atomic E-state index is -0.136. The lowest BCUT2D eigenvalue weighted by atomic mass is 9.87. The third-order valence-corrected chi connectivity index (χ3v) is 5.71. The summed E-state index contributed by atoms with van der Waals surface area (Å²) in [5.41, 5.74) is 5.99. The Kier molecular flexibility index (Phi) is 3.47. The number of aryl methyl sites for hydroxylation is 1. The Morgan fingerprint density at radius 2 is 1.88 bits per heavy atom. The molecule has 5 rings (SSSR count). The molecule has 0 spiro atoms. The van der Waals surface area contributed by atoms with E-state index in [0.29, 0.717) is 11.8 Å². The van der Waals surface area contributed by atoms with Gasteiger partial charge in [-0.15, -0.1) is 0 Å². The van der Waals surface area contributed by atoms with Crippen LogP contribution in [0.5, 0.6) is 0 Å². The molecule has 26 heavy (non-hydrogen) atoms. The third-order valence-electron chi connectivity index (χ3n) is 5.71. The first-order valence-electron chi connectivity index (χ1n) is 9.27. The average Bonchev–Trinajstić information content (AvgIpc) is 3.24. The number of benzene rings is 2. The fourth-order valence-corrected chi connectivity index (χ4v) is 4.17. The van der Waals surface area contributed by atoms with E-state index in [2.05, 4.69) is 48.7 Å². The number of hydrogen-bond acceptors (Lipinski definition) is 5. The molecule has 2 aliphatic heterocycles. The number of nitrogens with zero attached hydrogens (tertiary/aromatic N) is 1. The Hall–Kier alpha value is -2.53. The van der Waals surface area contributed by atoms with Crippen LogP contribution in [0, 0.1) is 12.8 Å². The maximum absolute atomic E-state index is 5.99. The predicted octanol–water partition coefficient (Wildman–Crippen LogP) is 4.78. The second-order valence-corrected chi connectivity index (χ2v) is 7.54. The third kappa shape index (κ3) is 2.46. The zero-order valence-electron chi connectivity index (χ0n) is 15.1. The van der Waals surface area contributed by atoms with Crippen molar-refractivity contribution in [2.45, 2.75) is 32.4 Å². The Morgan fingerprint density at radius 1 is 1.08 bits per heavy atom. The molecule has 1 aromatic heterocycles. The van der Waals surface area contributed by atoms with E-state index in [4.69, 9.17) is 14.1 Å². The molecule has 1 unspecified atom stereocenters. The number of anilines is 2. The van der Waals surface area contributed by atoms with Crippen molar-refractivity contribution >= 4 is 22.5 Å². The van der Waals surface area contributed by atoms with Gasteiger partial charge >= 0.3 is 0 Å². The second-order valence-electron chi connectivity index (χ2n) is 7.54. The van der Waals surface area contributed by atoms with Crippen LogP contribution < -0.4 is 10.6 Å². The van der Waals surface area contributed by atoms with Crippen LogP contribution >= 0.6 is 0 Å². The van der Waals surface area contributed by atoms with E-state index in [9.17, 15) is 0 Å². The molecular weight excluding hydrogens is 326 g/mol. The fraction of sp³-hybridized carbons (Fsp3) is 0.381. The van der Waals surface area contributed by atoms with Crippen molar-refractivity contribution in [3.8, 4) is 11.5 Å². The van der Waals surface area contributed by atoms with Crippen LogP contribution in [-0.2, 0) is 4.74 Å². The molecule has 3 aromatic rings. The van der Waals surface area contributed by atoms with Gasteiger partial charge in [-0.2, -0.15) is 0 Å². The molecule has 2 N–H and O–H groups in total. The Balaban J connectivity index is 1.47. The van der Waals surface area contributed by atoms with E-state index in [1.807, 2.05) is 12.1 Å². The number of aromatic nitrogens is 1. The van der Waals surface area contributed by atoms with Crippen molar-refractivity contribution in [2.24, 2.45) is 5.92 Å². The largest absolute Gasteiger partial charge is 0.436 e. The van der Waals surface area contributed by atoms with E-state index in [0.717, 1.165) is 59.7 Å². The topological polar surface area (TPSA) is 59.3 Å². The fourth-order valence-electron chi connectivity index (χ4n) is 4.17. The van der Waals surface area contributed by atoms with Crippen molar-refractivity contribution in [3.63, 3.8) is 0 Å². The van der Waals surface area contributed by atoms with Crippen LogP contribution in [0.1, 0.15) is 25.3 Å². The minimum Gasteiger partial charge on any atom is -0.436 e. The maximum atomic E-state index is 5.99. The van der Waals surface area contributed by atoms with Crippen LogP contribution in [0.15, 0.2) is 40.8 Å². The van der Waals surface area contributed by atoms with Crippen LogP contribution in [-0.4, -0.2) is 23.9 Å². The summed E-state index contributed by atoms with van der Waals surface area (Å²) in [6, 6.07) is 12.3. The molecule has 0 aliphatic carbocycles. The first-order valence-corrected chi connectivity index (χ1v) is 9.27. The summed E-state index contributed by atoms with van der Waals surface area (Å²) in [6.45, 7) is 5.98. The molecule has 1 atom stereocenters. The van der Waals surface area contributed by atoms with Crippen molar-refractivity contribution in [1.82, 2.24) is 4.98 Å². The van der Waals surface area contributed by atoms with E-state index in [-0.39, 0.29) is 5.66 Å². The van der Waals surface area contributed by atoms with E-state index in [1.165, 1.54) is 0 Å². The summed E-state index contributed by atoms with van der Waals surface area (Å²) in [6.07, 6.45) is 2.14. The van der Waals surface area contributed by atoms with E-state index >= 15 is 0 Å². The van der Waals surface area contributed by atoms with E-state index in [1.54, 1.807) is 0 Å².